The molecule has 7 nitrogen and oxygen atoms in total. The quantitative estimate of drug-likeness (QED) is 0.567. The van der Waals surface area contributed by atoms with E-state index in [1.165, 1.54) is 18.6 Å². The van der Waals surface area contributed by atoms with Crippen LogP contribution in [0.4, 0.5) is 0 Å². The van der Waals surface area contributed by atoms with Crippen molar-refractivity contribution in [1.82, 2.24) is 19.5 Å². The summed E-state index contributed by atoms with van der Waals surface area (Å²) in [5, 5.41) is 0. The molecule has 1 aromatic carbocycles. The second kappa shape index (κ2) is 6.21. The Kier molecular flexibility index (Phi) is 3.95. The van der Waals surface area contributed by atoms with Gasteiger partial charge in [-0.2, -0.15) is 0 Å². The van der Waals surface area contributed by atoms with Crippen LogP contribution in [0, 0.1) is 0 Å². The van der Waals surface area contributed by atoms with Crippen molar-refractivity contribution in [2.75, 3.05) is 6.61 Å². The smallest absolute Gasteiger partial charge is 0.358 e. The van der Waals surface area contributed by atoms with E-state index in [9.17, 15) is 9.59 Å². The lowest BCUT2D eigenvalue weighted by molar-refractivity contribution is 0.0488. The summed E-state index contributed by atoms with van der Waals surface area (Å²) in [6.07, 6.45) is 4.81. The summed E-state index contributed by atoms with van der Waals surface area (Å²) >= 11 is 0. The SMILES string of the molecule is O=C(OCCCn1c(=O)[nH]c2ccccc21)c1cnccn1. The van der Waals surface area contributed by atoms with Crippen molar-refractivity contribution in [1.29, 1.82) is 0 Å². The Morgan fingerprint density at radius 2 is 2.14 bits per heavy atom. The van der Waals surface area contributed by atoms with Crippen molar-refractivity contribution in [3.05, 3.63) is 59.0 Å². The number of nitrogens with zero attached hydrogens (tertiary/aromatic N) is 3. The highest BCUT2D eigenvalue weighted by atomic mass is 16.5. The Morgan fingerprint density at radius 3 is 2.95 bits per heavy atom. The van der Waals surface area contributed by atoms with Crippen molar-refractivity contribution < 1.29 is 9.53 Å². The summed E-state index contributed by atoms with van der Waals surface area (Å²) in [6, 6.07) is 7.46. The standard InChI is InChI=1S/C15H14N4O3/c20-14(12-10-16-6-7-17-12)22-9-3-8-19-13-5-2-1-4-11(13)18-15(19)21/h1-2,4-7,10H,3,8-9H2,(H,18,21). The number of esters is 1. The lowest BCUT2D eigenvalue weighted by Crippen LogP contribution is -2.18. The molecule has 2 heterocycles. The molecule has 0 amide bonds. The first-order chi connectivity index (χ1) is 10.8. The molecule has 3 rings (SSSR count). The number of hydrogen-bond acceptors (Lipinski definition) is 5. The van der Waals surface area contributed by atoms with Gasteiger partial charge in [0.1, 0.15) is 0 Å². The molecule has 0 aliphatic rings. The number of aromatic nitrogens is 4. The molecule has 7 heteroatoms. The van der Waals surface area contributed by atoms with Gasteiger partial charge in [0, 0.05) is 18.9 Å². The van der Waals surface area contributed by atoms with E-state index in [4.69, 9.17) is 4.74 Å². The third-order valence-corrected chi connectivity index (χ3v) is 3.21. The van der Waals surface area contributed by atoms with Crippen LogP contribution in [0.1, 0.15) is 16.9 Å². The normalized spacial score (nSPS) is 10.7. The molecule has 0 spiro atoms. The van der Waals surface area contributed by atoms with E-state index in [-0.39, 0.29) is 18.0 Å². The first-order valence-electron chi connectivity index (χ1n) is 6.86. The van der Waals surface area contributed by atoms with Gasteiger partial charge in [0.05, 0.1) is 23.8 Å². The molecule has 0 atom stereocenters. The topological polar surface area (TPSA) is 89.9 Å². The summed E-state index contributed by atoms with van der Waals surface area (Å²) in [5.41, 5.74) is 1.64. The van der Waals surface area contributed by atoms with Gasteiger partial charge in [0.25, 0.3) is 0 Å². The second-order valence-electron chi connectivity index (χ2n) is 4.68. The number of carbonyl (C=O) groups is 1. The zero-order valence-electron chi connectivity index (χ0n) is 11.7. The van der Waals surface area contributed by atoms with Crippen LogP contribution in [0.5, 0.6) is 0 Å². The van der Waals surface area contributed by atoms with Gasteiger partial charge < -0.3 is 9.72 Å². The zero-order valence-corrected chi connectivity index (χ0v) is 11.7. The average molecular weight is 298 g/mol. The lowest BCUT2D eigenvalue weighted by atomic mass is 10.3. The Balaban J connectivity index is 1.58. The Labute approximate surface area is 125 Å². The number of H-pyrrole nitrogens is 1. The van der Waals surface area contributed by atoms with Crippen LogP contribution in [0.2, 0.25) is 0 Å². The van der Waals surface area contributed by atoms with Gasteiger partial charge in [-0.1, -0.05) is 12.1 Å². The highest BCUT2D eigenvalue weighted by Crippen LogP contribution is 2.09. The minimum Gasteiger partial charge on any atom is -0.461 e. The van der Waals surface area contributed by atoms with E-state index in [2.05, 4.69) is 15.0 Å². The fourth-order valence-corrected chi connectivity index (χ4v) is 2.19. The third kappa shape index (κ3) is 2.88. The van der Waals surface area contributed by atoms with E-state index < -0.39 is 5.97 Å². The number of para-hydroxylation sites is 2. The van der Waals surface area contributed by atoms with Crippen molar-refractivity contribution >= 4 is 17.0 Å². The number of nitrogens with one attached hydrogen (secondary N) is 1. The number of aromatic amines is 1. The summed E-state index contributed by atoms with van der Waals surface area (Å²) in [4.78, 5) is 34.0. The molecule has 0 aliphatic carbocycles. The van der Waals surface area contributed by atoms with Gasteiger partial charge in [-0.05, 0) is 18.6 Å². The van der Waals surface area contributed by atoms with Gasteiger partial charge in [0.2, 0.25) is 0 Å². The van der Waals surface area contributed by atoms with Crippen LogP contribution in [0.15, 0.2) is 47.7 Å². The predicted octanol–water partition coefficient (Wildman–Crippen LogP) is 1.37. The van der Waals surface area contributed by atoms with Gasteiger partial charge in [-0.15, -0.1) is 0 Å². The van der Waals surface area contributed by atoms with Crippen LogP contribution in [-0.2, 0) is 11.3 Å². The molecule has 0 radical (unpaired) electrons. The van der Waals surface area contributed by atoms with Crippen LogP contribution in [0.25, 0.3) is 11.0 Å². The Hall–Kier alpha value is -2.96. The fraction of sp³-hybridized carbons (Fsp3) is 0.200. The highest BCUT2D eigenvalue weighted by molar-refractivity contribution is 5.86. The highest BCUT2D eigenvalue weighted by Gasteiger charge is 2.09. The summed E-state index contributed by atoms with van der Waals surface area (Å²) in [5.74, 6) is -0.514. The number of carbonyl (C=O) groups excluding carboxylic acids is 1. The fourth-order valence-electron chi connectivity index (χ4n) is 2.19. The van der Waals surface area contributed by atoms with Gasteiger partial charge in [-0.3, -0.25) is 9.55 Å². The lowest BCUT2D eigenvalue weighted by Gasteiger charge is -2.05. The monoisotopic (exact) mass is 298 g/mol. The maximum absolute atomic E-state index is 11.9. The molecule has 1 N–H and O–H groups in total. The van der Waals surface area contributed by atoms with E-state index >= 15 is 0 Å². The molecule has 0 unspecified atom stereocenters. The first-order valence-corrected chi connectivity index (χ1v) is 6.86. The number of benzene rings is 1. The van der Waals surface area contributed by atoms with E-state index in [1.54, 1.807) is 4.57 Å². The number of aryl methyl sites for hydroxylation is 1. The number of rotatable bonds is 5. The number of ether oxygens (including phenoxy) is 1. The number of imidazole rings is 1. The van der Waals surface area contributed by atoms with Gasteiger partial charge in [0.15, 0.2) is 5.69 Å². The molecular weight excluding hydrogens is 284 g/mol. The van der Waals surface area contributed by atoms with Crippen LogP contribution in [0.3, 0.4) is 0 Å². The number of hydrogen-bond donors (Lipinski definition) is 1. The molecule has 0 fully saturated rings. The summed E-state index contributed by atoms with van der Waals surface area (Å²) < 4.78 is 6.74. The second-order valence-corrected chi connectivity index (χ2v) is 4.68. The van der Waals surface area contributed by atoms with Crippen molar-refractivity contribution in [2.45, 2.75) is 13.0 Å². The molecule has 2 aromatic heterocycles. The first kappa shape index (κ1) is 14.0. The van der Waals surface area contributed by atoms with E-state index in [0.29, 0.717) is 13.0 Å². The molecule has 0 aliphatic heterocycles. The van der Waals surface area contributed by atoms with Crippen LogP contribution in [-0.4, -0.2) is 32.1 Å². The van der Waals surface area contributed by atoms with Gasteiger partial charge >= 0.3 is 11.7 Å². The maximum Gasteiger partial charge on any atom is 0.358 e. The predicted molar refractivity (Wildman–Crippen MR) is 79.5 cm³/mol. The molecule has 112 valence electrons. The molecule has 3 aromatic rings. The van der Waals surface area contributed by atoms with Gasteiger partial charge in [-0.25, -0.2) is 14.6 Å². The maximum atomic E-state index is 11.9. The van der Waals surface area contributed by atoms with Crippen LogP contribution >= 0.6 is 0 Å². The van der Waals surface area contributed by atoms with Crippen molar-refractivity contribution in [3.8, 4) is 0 Å². The molecule has 0 bridgehead atoms. The minimum atomic E-state index is -0.514. The van der Waals surface area contributed by atoms with E-state index in [0.717, 1.165) is 11.0 Å². The molecule has 0 saturated carbocycles. The third-order valence-electron chi connectivity index (χ3n) is 3.21. The summed E-state index contributed by atoms with van der Waals surface area (Å²) in [6.45, 7) is 0.679. The Morgan fingerprint density at radius 1 is 1.27 bits per heavy atom. The number of fused-ring (bicyclic) bond motifs is 1. The minimum absolute atomic E-state index is 0.165. The van der Waals surface area contributed by atoms with E-state index in [1.807, 2.05) is 24.3 Å². The zero-order chi connectivity index (χ0) is 15.4. The largest absolute Gasteiger partial charge is 0.461 e. The molecule has 0 saturated heterocycles. The van der Waals surface area contributed by atoms with Crippen molar-refractivity contribution in [2.24, 2.45) is 0 Å². The summed E-state index contributed by atoms with van der Waals surface area (Å²) in [7, 11) is 0. The Bertz CT molecular complexity index is 839. The van der Waals surface area contributed by atoms with Crippen LogP contribution < -0.4 is 5.69 Å². The molecular formula is C15H14N4O3. The van der Waals surface area contributed by atoms with Crippen molar-refractivity contribution in [3.63, 3.8) is 0 Å². The molecule has 22 heavy (non-hydrogen) atoms. The average Bonchev–Trinajstić information content (AvgIpc) is 2.88.